The molecule has 1 aliphatic rings. The molecule has 2 heterocycles. The molecular formula is C21H22N4O2S. The summed E-state index contributed by atoms with van der Waals surface area (Å²) in [6.45, 7) is 5.18. The molecule has 4 rings (SSSR count). The number of carbonyl (C=O) groups excluding carboxylic acids is 2. The first-order chi connectivity index (χ1) is 13.5. The van der Waals surface area contributed by atoms with Crippen molar-refractivity contribution in [1.82, 2.24) is 14.8 Å². The average molecular weight is 395 g/mol. The van der Waals surface area contributed by atoms with E-state index in [1.54, 1.807) is 6.07 Å². The molecule has 0 radical (unpaired) electrons. The Labute approximate surface area is 167 Å². The Hall–Kier alpha value is -2.77. The molecule has 2 amide bonds. The van der Waals surface area contributed by atoms with Crippen molar-refractivity contribution in [1.29, 1.82) is 0 Å². The number of amides is 2. The summed E-state index contributed by atoms with van der Waals surface area (Å²) in [5.41, 5.74) is 2.99. The minimum Gasteiger partial charge on any atom is -0.336 e. The summed E-state index contributed by atoms with van der Waals surface area (Å²) in [5, 5.41) is 3.41. The largest absolute Gasteiger partial charge is 0.336 e. The standard InChI is InChI=1S/C21H22N4O2S/c1-14-5-3-4-6-16(14)19(26)23-21-22-17-8-7-15(13-18(17)28-21)20(27)25-11-9-24(2)10-12-25/h3-8,13H,9-12H2,1-2H3,(H,22,23,26). The number of rotatable bonds is 3. The lowest BCUT2D eigenvalue weighted by Gasteiger charge is -2.32. The van der Waals surface area contributed by atoms with Gasteiger partial charge in [-0.25, -0.2) is 4.98 Å². The first-order valence-electron chi connectivity index (χ1n) is 9.26. The molecule has 0 saturated carbocycles. The Morgan fingerprint density at radius 1 is 1.07 bits per heavy atom. The number of fused-ring (bicyclic) bond motifs is 1. The van der Waals surface area contributed by atoms with Crippen LogP contribution in [0.3, 0.4) is 0 Å². The third kappa shape index (κ3) is 3.76. The number of benzene rings is 2. The van der Waals surface area contributed by atoms with E-state index < -0.39 is 0 Å². The number of hydrogen-bond donors (Lipinski definition) is 1. The maximum absolute atomic E-state index is 12.8. The topological polar surface area (TPSA) is 65.5 Å². The lowest BCUT2D eigenvalue weighted by Crippen LogP contribution is -2.47. The normalized spacial score (nSPS) is 15.0. The summed E-state index contributed by atoms with van der Waals surface area (Å²) in [7, 11) is 2.07. The maximum Gasteiger partial charge on any atom is 0.257 e. The predicted octanol–water partition coefficient (Wildman–Crippen LogP) is 3.24. The minimum atomic E-state index is -0.175. The molecule has 1 N–H and O–H groups in total. The smallest absolute Gasteiger partial charge is 0.257 e. The fourth-order valence-electron chi connectivity index (χ4n) is 3.30. The van der Waals surface area contributed by atoms with E-state index in [0.717, 1.165) is 42.0 Å². The number of aryl methyl sites for hydroxylation is 1. The highest BCUT2D eigenvalue weighted by Crippen LogP contribution is 2.28. The van der Waals surface area contributed by atoms with E-state index in [0.29, 0.717) is 16.3 Å². The summed E-state index contributed by atoms with van der Waals surface area (Å²) < 4.78 is 0.889. The Kier molecular flexibility index (Phi) is 5.11. The lowest BCUT2D eigenvalue weighted by molar-refractivity contribution is 0.0664. The van der Waals surface area contributed by atoms with Gasteiger partial charge in [-0.2, -0.15) is 0 Å². The van der Waals surface area contributed by atoms with Crippen LogP contribution in [-0.4, -0.2) is 59.8 Å². The van der Waals surface area contributed by atoms with Gasteiger partial charge in [0.15, 0.2) is 5.13 Å². The highest BCUT2D eigenvalue weighted by atomic mass is 32.1. The van der Waals surface area contributed by atoms with Gasteiger partial charge in [-0.05, 0) is 43.8 Å². The van der Waals surface area contributed by atoms with Crippen LogP contribution in [0.4, 0.5) is 5.13 Å². The van der Waals surface area contributed by atoms with Crippen LogP contribution in [0.25, 0.3) is 10.2 Å². The molecule has 2 aromatic carbocycles. The molecule has 0 bridgehead atoms. The van der Waals surface area contributed by atoms with E-state index in [9.17, 15) is 9.59 Å². The van der Waals surface area contributed by atoms with Crippen LogP contribution in [-0.2, 0) is 0 Å². The molecule has 0 unspecified atom stereocenters. The second-order valence-corrected chi connectivity index (χ2v) is 8.10. The van der Waals surface area contributed by atoms with Gasteiger partial charge in [-0.1, -0.05) is 29.5 Å². The molecule has 7 heteroatoms. The zero-order valence-electron chi connectivity index (χ0n) is 15.9. The molecule has 0 atom stereocenters. The molecule has 28 heavy (non-hydrogen) atoms. The highest BCUT2D eigenvalue weighted by Gasteiger charge is 2.21. The molecule has 0 spiro atoms. The van der Waals surface area contributed by atoms with Crippen molar-refractivity contribution in [3.63, 3.8) is 0 Å². The second-order valence-electron chi connectivity index (χ2n) is 7.07. The van der Waals surface area contributed by atoms with E-state index in [2.05, 4.69) is 22.2 Å². The zero-order valence-corrected chi connectivity index (χ0v) is 16.8. The molecule has 1 aliphatic heterocycles. The van der Waals surface area contributed by atoms with Gasteiger partial charge < -0.3 is 9.80 Å². The summed E-state index contributed by atoms with van der Waals surface area (Å²) >= 11 is 1.38. The molecule has 1 saturated heterocycles. The lowest BCUT2D eigenvalue weighted by atomic mass is 10.1. The van der Waals surface area contributed by atoms with Gasteiger partial charge >= 0.3 is 0 Å². The summed E-state index contributed by atoms with van der Waals surface area (Å²) in [5.74, 6) is -0.125. The van der Waals surface area contributed by atoms with E-state index >= 15 is 0 Å². The van der Waals surface area contributed by atoms with Crippen LogP contribution >= 0.6 is 11.3 Å². The molecule has 6 nitrogen and oxygen atoms in total. The Balaban J connectivity index is 1.53. The fraction of sp³-hybridized carbons (Fsp3) is 0.286. The molecule has 3 aromatic rings. The first-order valence-corrected chi connectivity index (χ1v) is 10.1. The number of likely N-dealkylation sites (N-methyl/N-ethyl adjacent to an activating group) is 1. The van der Waals surface area contributed by atoms with Crippen molar-refractivity contribution >= 4 is 38.5 Å². The summed E-state index contributed by atoms with van der Waals surface area (Å²) in [6, 6.07) is 13.0. The zero-order chi connectivity index (χ0) is 19.7. The van der Waals surface area contributed by atoms with Crippen LogP contribution in [0, 0.1) is 6.92 Å². The molecule has 1 fully saturated rings. The number of nitrogens with one attached hydrogen (secondary N) is 1. The van der Waals surface area contributed by atoms with Gasteiger partial charge in [0, 0.05) is 37.3 Å². The van der Waals surface area contributed by atoms with Crippen LogP contribution in [0.2, 0.25) is 0 Å². The number of aromatic nitrogens is 1. The van der Waals surface area contributed by atoms with Gasteiger partial charge in [0.2, 0.25) is 0 Å². The van der Waals surface area contributed by atoms with Crippen molar-refractivity contribution < 1.29 is 9.59 Å². The van der Waals surface area contributed by atoms with Crippen molar-refractivity contribution in [2.24, 2.45) is 0 Å². The minimum absolute atomic E-state index is 0.0499. The molecule has 144 valence electrons. The average Bonchev–Trinajstić information content (AvgIpc) is 3.09. The summed E-state index contributed by atoms with van der Waals surface area (Å²) in [6.07, 6.45) is 0. The number of carbonyl (C=O) groups is 2. The van der Waals surface area contributed by atoms with E-state index in [-0.39, 0.29) is 11.8 Å². The quantitative estimate of drug-likeness (QED) is 0.741. The second kappa shape index (κ2) is 7.69. The van der Waals surface area contributed by atoms with Crippen LogP contribution in [0.15, 0.2) is 42.5 Å². The number of piperazine rings is 1. The van der Waals surface area contributed by atoms with Crippen LogP contribution in [0.5, 0.6) is 0 Å². The molecular weight excluding hydrogens is 372 g/mol. The van der Waals surface area contributed by atoms with Gasteiger partial charge in [-0.15, -0.1) is 0 Å². The van der Waals surface area contributed by atoms with E-state index in [1.165, 1.54) is 11.3 Å². The Bertz CT molecular complexity index is 1040. The number of nitrogens with zero attached hydrogens (tertiary/aromatic N) is 3. The SMILES string of the molecule is Cc1ccccc1C(=O)Nc1nc2ccc(C(=O)N3CCN(C)CC3)cc2s1. The summed E-state index contributed by atoms with van der Waals surface area (Å²) in [4.78, 5) is 33.9. The Morgan fingerprint density at radius 3 is 2.57 bits per heavy atom. The van der Waals surface area contributed by atoms with Crippen LogP contribution < -0.4 is 5.32 Å². The van der Waals surface area contributed by atoms with Crippen molar-refractivity contribution in [3.05, 3.63) is 59.2 Å². The van der Waals surface area contributed by atoms with Crippen molar-refractivity contribution in [2.45, 2.75) is 6.92 Å². The third-order valence-electron chi connectivity index (χ3n) is 5.04. The highest BCUT2D eigenvalue weighted by molar-refractivity contribution is 7.22. The van der Waals surface area contributed by atoms with Crippen LogP contribution in [0.1, 0.15) is 26.3 Å². The van der Waals surface area contributed by atoms with Gasteiger partial charge in [0.25, 0.3) is 11.8 Å². The third-order valence-corrected chi connectivity index (χ3v) is 5.97. The number of hydrogen-bond acceptors (Lipinski definition) is 5. The number of thiazole rings is 1. The maximum atomic E-state index is 12.8. The van der Waals surface area contributed by atoms with Crippen molar-refractivity contribution in [2.75, 3.05) is 38.5 Å². The fourth-order valence-corrected chi connectivity index (χ4v) is 4.20. The van der Waals surface area contributed by atoms with E-state index in [4.69, 9.17) is 0 Å². The van der Waals surface area contributed by atoms with Gasteiger partial charge in [-0.3, -0.25) is 14.9 Å². The monoisotopic (exact) mass is 394 g/mol. The molecule has 1 aromatic heterocycles. The van der Waals surface area contributed by atoms with Gasteiger partial charge in [0.1, 0.15) is 0 Å². The number of anilines is 1. The first kappa shape index (κ1) is 18.6. The Morgan fingerprint density at radius 2 is 1.82 bits per heavy atom. The van der Waals surface area contributed by atoms with E-state index in [1.807, 2.05) is 48.2 Å². The van der Waals surface area contributed by atoms with Crippen molar-refractivity contribution in [3.8, 4) is 0 Å². The van der Waals surface area contributed by atoms with Gasteiger partial charge in [0.05, 0.1) is 10.2 Å². The predicted molar refractivity (Wildman–Crippen MR) is 112 cm³/mol. The molecule has 0 aliphatic carbocycles.